The molecule has 0 aliphatic carbocycles. The summed E-state index contributed by atoms with van der Waals surface area (Å²) >= 11 is 5.91. The number of carbonyl (C=O) groups excluding carboxylic acids is 1. The van der Waals surface area contributed by atoms with Crippen LogP contribution < -0.4 is 10.1 Å². The summed E-state index contributed by atoms with van der Waals surface area (Å²) in [6.45, 7) is 7.01. The van der Waals surface area contributed by atoms with Gasteiger partial charge in [-0.1, -0.05) is 49.7 Å². The number of hydrogen-bond donors (Lipinski definition) is 1. The van der Waals surface area contributed by atoms with E-state index in [4.69, 9.17) is 20.8 Å². The number of furan rings is 1. The van der Waals surface area contributed by atoms with Gasteiger partial charge >= 0.3 is 0 Å². The predicted octanol–water partition coefficient (Wildman–Crippen LogP) is 5.84. The van der Waals surface area contributed by atoms with Crippen molar-refractivity contribution in [2.45, 2.75) is 39.8 Å². The smallest absolute Gasteiger partial charge is 0.293 e. The summed E-state index contributed by atoms with van der Waals surface area (Å²) in [6.07, 6.45) is 1.56. The highest BCUT2D eigenvalue weighted by Crippen LogP contribution is 2.28. The van der Waals surface area contributed by atoms with Crippen molar-refractivity contribution in [3.8, 4) is 5.75 Å². The second kappa shape index (κ2) is 9.92. The molecule has 4 aromatic rings. The minimum Gasteiger partial charge on any atom is -0.485 e. The van der Waals surface area contributed by atoms with Crippen LogP contribution in [0.3, 0.4) is 0 Å². The molecule has 0 atom stereocenters. The Bertz CT molecular complexity index is 1240. The van der Waals surface area contributed by atoms with Gasteiger partial charge in [-0.05, 0) is 59.9 Å². The van der Waals surface area contributed by atoms with Gasteiger partial charge in [0.1, 0.15) is 24.4 Å². The van der Waals surface area contributed by atoms with Crippen molar-refractivity contribution in [3.63, 3.8) is 0 Å². The highest BCUT2D eigenvalue weighted by Gasteiger charge is 2.15. The van der Waals surface area contributed by atoms with E-state index in [1.807, 2.05) is 37.3 Å². The van der Waals surface area contributed by atoms with Gasteiger partial charge in [0, 0.05) is 5.02 Å². The fourth-order valence-corrected chi connectivity index (χ4v) is 3.46. The summed E-state index contributed by atoms with van der Waals surface area (Å²) < 4.78 is 13.3. The van der Waals surface area contributed by atoms with Crippen LogP contribution in [0.15, 0.2) is 65.3 Å². The van der Waals surface area contributed by atoms with Crippen molar-refractivity contribution in [3.05, 3.63) is 94.2 Å². The molecular weight excluding hydrogens is 440 g/mol. The first kappa shape index (κ1) is 22.6. The number of amides is 1. The van der Waals surface area contributed by atoms with E-state index in [0.717, 1.165) is 22.4 Å². The second-order valence-corrected chi connectivity index (χ2v) is 8.53. The Labute approximate surface area is 197 Å². The van der Waals surface area contributed by atoms with Gasteiger partial charge in [-0.3, -0.25) is 10.1 Å². The molecule has 0 aliphatic heterocycles. The molecule has 0 saturated heterocycles. The van der Waals surface area contributed by atoms with Crippen LogP contribution >= 0.6 is 11.6 Å². The molecule has 0 saturated carbocycles. The first-order valence-corrected chi connectivity index (χ1v) is 11.0. The fraction of sp³-hybridized carbons (Fsp3) is 0.240. The topological polar surface area (TPSA) is 82.2 Å². The summed E-state index contributed by atoms with van der Waals surface area (Å²) in [7, 11) is 0. The van der Waals surface area contributed by atoms with Crippen LogP contribution in [0.25, 0.3) is 0 Å². The highest BCUT2D eigenvalue weighted by atomic mass is 35.5. The van der Waals surface area contributed by atoms with Gasteiger partial charge in [-0.25, -0.2) is 9.67 Å². The van der Waals surface area contributed by atoms with E-state index in [1.54, 1.807) is 23.1 Å². The molecule has 0 bridgehead atoms. The molecule has 0 radical (unpaired) electrons. The fourth-order valence-electron chi connectivity index (χ4n) is 3.34. The molecule has 2 aromatic carbocycles. The van der Waals surface area contributed by atoms with Gasteiger partial charge in [0.05, 0.1) is 6.54 Å². The van der Waals surface area contributed by atoms with E-state index < -0.39 is 5.91 Å². The summed E-state index contributed by atoms with van der Waals surface area (Å²) in [6, 6.07) is 17.0. The molecular formula is C25H25ClN4O3. The molecule has 1 amide bonds. The predicted molar refractivity (Wildman–Crippen MR) is 127 cm³/mol. The number of hydrogen-bond acceptors (Lipinski definition) is 5. The van der Waals surface area contributed by atoms with Crippen molar-refractivity contribution < 1.29 is 13.9 Å². The number of nitrogens with zero attached hydrogens (tertiary/aromatic N) is 3. The van der Waals surface area contributed by atoms with E-state index in [1.165, 1.54) is 0 Å². The van der Waals surface area contributed by atoms with Crippen LogP contribution in [0.5, 0.6) is 5.75 Å². The second-order valence-electron chi connectivity index (χ2n) is 8.10. The average molecular weight is 465 g/mol. The third-order valence-corrected chi connectivity index (χ3v) is 5.32. The minimum absolute atomic E-state index is 0.163. The van der Waals surface area contributed by atoms with E-state index in [2.05, 4.69) is 41.4 Å². The van der Waals surface area contributed by atoms with Crippen molar-refractivity contribution >= 4 is 23.5 Å². The SMILES string of the molecule is Cc1ccc(C(C)C)c(OCc2ccc(C(=O)Nc3ncn(Cc4ccc(Cl)cc4)n3)o2)c1. The number of carbonyl (C=O) groups is 1. The molecule has 0 fully saturated rings. The molecule has 2 aromatic heterocycles. The molecule has 0 spiro atoms. The molecule has 170 valence electrons. The number of benzene rings is 2. The third-order valence-electron chi connectivity index (χ3n) is 5.07. The standard InChI is InChI=1S/C25H25ClN4O3/c1-16(2)21-10-4-17(3)12-23(21)32-14-20-9-11-22(33-20)24(31)28-25-27-15-30(29-25)13-18-5-7-19(26)8-6-18/h4-12,15-16H,13-14H2,1-3H3,(H,28,29,31). The van der Waals surface area contributed by atoms with E-state index >= 15 is 0 Å². The highest BCUT2D eigenvalue weighted by molar-refractivity contribution is 6.30. The summed E-state index contributed by atoms with van der Waals surface area (Å²) in [5, 5.41) is 7.61. The number of rotatable bonds is 8. The Morgan fingerprint density at radius 2 is 1.94 bits per heavy atom. The lowest BCUT2D eigenvalue weighted by Crippen LogP contribution is -2.12. The number of nitrogens with one attached hydrogen (secondary N) is 1. The van der Waals surface area contributed by atoms with Gasteiger partial charge in [0.25, 0.3) is 5.91 Å². The van der Waals surface area contributed by atoms with Crippen molar-refractivity contribution in [1.82, 2.24) is 14.8 Å². The number of aryl methyl sites for hydroxylation is 1. The zero-order valence-corrected chi connectivity index (χ0v) is 19.5. The number of ether oxygens (including phenoxy) is 1. The lowest BCUT2D eigenvalue weighted by Gasteiger charge is -2.14. The molecule has 4 rings (SSSR count). The Morgan fingerprint density at radius 1 is 1.15 bits per heavy atom. The third kappa shape index (κ3) is 5.81. The van der Waals surface area contributed by atoms with Crippen LogP contribution in [0, 0.1) is 6.92 Å². The first-order chi connectivity index (χ1) is 15.9. The zero-order chi connectivity index (χ0) is 23.4. The van der Waals surface area contributed by atoms with Crippen molar-refractivity contribution in [2.75, 3.05) is 5.32 Å². The number of halogens is 1. The Hall–Kier alpha value is -3.58. The normalized spacial score (nSPS) is 11.1. The Balaban J connectivity index is 1.35. The maximum Gasteiger partial charge on any atom is 0.293 e. The summed E-state index contributed by atoms with van der Waals surface area (Å²) in [4.78, 5) is 16.7. The van der Waals surface area contributed by atoms with Crippen LogP contribution in [-0.4, -0.2) is 20.7 Å². The van der Waals surface area contributed by atoms with E-state index in [-0.39, 0.29) is 18.3 Å². The van der Waals surface area contributed by atoms with Crippen LogP contribution in [0.4, 0.5) is 5.95 Å². The van der Waals surface area contributed by atoms with E-state index in [0.29, 0.717) is 23.2 Å². The van der Waals surface area contributed by atoms with Gasteiger partial charge in [0.2, 0.25) is 5.95 Å². The lowest BCUT2D eigenvalue weighted by molar-refractivity contribution is 0.0991. The monoisotopic (exact) mass is 464 g/mol. The average Bonchev–Trinajstić information content (AvgIpc) is 3.43. The van der Waals surface area contributed by atoms with Crippen LogP contribution in [0.1, 0.15) is 52.8 Å². The van der Waals surface area contributed by atoms with Crippen LogP contribution in [0.2, 0.25) is 5.02 Å². The maximum atomic E-state index is 12.5. The zero-order valence-electron chi connectivity index (χ0n) is 18.7. The van der Waals surface area contributed by atoms with Gasteiger partial charge in [0.15, 0.2) is 5.76 Å². The largest absolute Gasteiger partial charge is 0.485 e. The molecule has 0 unspecified atom stereocenters. The Kier molecular flexibility index (Phi) is 6.79. The molecule has 8 heteroatoms. The molecule has 33 heavy (non-hydrogen) atoms. The summed E-state index contributed by atoms with van der Waals surface area (Å²) in [5.41, 5.74) is 3.27. The van der Waals surface area contributed by atoms with Crippen LogP contribution in [-0.2, 0) is 13.2 Å². The molecule has 0 aliphatic rings. The quantitative estimate of drug-likeness (QED) is 0.354. The first-order valence-electron chi connectivity index (χ1n) is 10.6. The lowest BCUT2D eigenvalue weighted by atomic mass is 10.0. The number of aromatic nitrogens is 3. The molecule has 2 heterocycles. The Morgan fingerprint density at radius 3 is 2.70 bits per heavy atom. The molecule has 7 nitrogen and oxygen atoms in total. The number of anilines is 1. The minimum atomic E-state index is -0.427. The van der Waals surface area contributed by atoms with E-state index in [9.17, 15) is 4.79 Å². The van der Waals surface area contributed by atoms with Crippen molar-refractivity contribution in [2.24, 2.45) is 0 Å². The van der Waals surface area contributed by atoms with Gasteiger partial charge in [-0.2, -0.15) is 0 Å². The van der Waals surface area contributed by atoms with Crippen molar-refractivity contribution in [1.29, 1.82) is 0 Å². The summed E-state index contributed by atoms with van der Waals surface area (Å²) in [5.74, 6) is 1.65. The van der Waals surface area contributed by atoms with Gasteiger partial charge < -0.3 is 9.15 Å². The molecule has 1 N–H and O–H groups in total. The van der Waals surface area contributed by atoms with Gasteiger partial charge in [-0.15, -0.1) is 5.10 Å². The maximum absolute atomic E-state index is 12.5.